The van der Waals surface area contributed by atoms with Crippen molar-refractivity contribution >= 4 is 0 Å². The van der Waals surface area contributed by atoms with Gasteiger partial charge in [-0.25, -0.2) is 0 Å². The summed E-state index contributed by atoms with van der Waals surface area (Å²) in [7, 11) is 0. The van der Waals surface area contributed by atoms with Crippen LogP contribution in [0.4, 0.5) is 0 Å². The van der Waals surface area contributed by atoms with Gasteiger partial charge in [0.15, 0.2) is 0 Å². The normalized spacial score (nSPS) is 16.2. The summed E-state index contributed by atoms with van der Waals surface area (Å²) < 4.78 is 0. The zero-order chi connectivity index (χ0) is 17.5. The first-order valence-electron chi connectivity index (χ1n) is 9.79. The maximum absolute atomic E-state index is 8.92. The van der Waals surface area contributed by atoms with E-state index in [-0.39, 0.29) is 0 Å². The van der Waals surface area contributed by atoms with E-state index in [2.05, 4.69) is 25.1 Å². The molecule has 0 saturated carbocycles. The maximum Gasteiger partial charge on any atom is 0.0991 e. The van der Waals surface area contributed by atoms with Crippen LogP contribution in [0.15, 0.2) is 36.4 Å². The van der Waals surface area contributed by atoms with E-state index in [9.17, 15) is 0 Å². The topological polar surface area (TPSA) is 36.7 Å². The van der Waals surface area contributed by atoms with Crippen molar-refractivity contribution in [1.29, 1.82) is 5.26 Å². The van der Waals surface area contributed by atoms with Crippen LogP contribution in [0.25, 0.3) is 11.3 Å². The van der Waals surface area contributed by atoms with Gasteiger partial charge >= 0.3 is 0 Å². The fourth-order valence-corrected chi connectivity index (χ4v) is 3.85. The van der Waals surface area contributed by atoms with Crippen LogP contribution in [-0.2, 0) is 12.8 Å². The second kappa shape index (κ2) is 8.81. The largest absolute Gasteiger partial charge is 0.253 e. The minimum Gasteiger partial charge on any atom is -0.253 e. The quantitative estimate of drug-likeness (QED) is 0.576. The summed E-state index contributed by atoms with van der Waals surface area (Å²) in [6, 6.07) is 14.3. The summed E-state index contributed by atoms with van der Waals surface area (Å²) in [5.41, 5.74) is 5.55. The molecule has 1 aromatic heterocycles. The number of unbranched alkanes of at least 4 members (excludes halogenated alkanes) is 4. The molecular formula is C23H28N2. The molecule has 3 rings (SSSR count). The molecule has 2 aromatic rings. The number of nitrogens with zero attached hydrogens (tertiary/aromatic N) is 2. The summed E-state index contributed by atoms with van der Waals surface area (Å²) in [5, 5.41) is 8.92. The average molecular weight is 332 g/mol. The zero-order valence-corrected chi connectivity index (χ0v) is 15.3. The lowest BCUT2D eigenvalue weighted by Crippen LogP contribution is -2.15. The van der Waals surface area contributed by atoms with E-state index in [0.29, 0.717) is 5.56 Å². The summed E-state index contributed by atoms with van der Waals surface area (Å²) in [6.45, 7) is 2.28. The molecule has 0 spiro atoms. The Balaban J connectivity index is 1.60. The van der Waals surface area contributed by atoms with Crippen LogP contribution >= 0.6 is 0 Å². The Kier molecular flexibility index (Phi) is 6.23. The molecule has 0 saturated heterocycles. The minimum absolute atomic E-state index is 0.698. The number of fused-ring (bicyclic) bond motifs is 1. The highest BCUT2D eigenvalue weighted by atomic mass is 14.7. The summed E-state index contributed by atoms with van der Waals surface area (Å²) in [5.74, 6) is 0.844. The van der Waals surface area contributed by atoms with Crippen molar-refractivity contribution in [2.45, 2.75) is 64.7 Å². The van der Waals surface area contributed by atoms with Crippen molar-refractivity contribution in [3.63, 3.8) is 0 Å². The monoisotopic (exact) mass is 332 g/mol. The third kappa shape index (κ3) is 4.69. The Morgan fingerprint density at radius 2 is 1.84 bits per heavy atom. The van der Waals surface area contributed by atoms with Gasteiger partial charge in [-0.3, -0.25) is 4.98 Å². The number of pyridine rings is 1. The smallest absolute Gasteiger partial charge is 0.0991 e. The van der Waals surface area contributed by atoms with Gasteiger partial charge < -0.3 is 0 Å². The second-order valence-corrected chi connectivity index (χ2v) is 7.30. The number of benzene rings is 1. The molecule has 0 aliphatic heterocycles. The molecule has 1 heterocycles. The number of aromatic nitrogens is 1. The zero-order valence-electron chi connectivity index (χ0n) is 15.3. The van der Waals surface area contributed by atoms with Crippen molar-refractivity contribution in [3.05, 3.63) is 53.2 Å². The van der Waals surface area contributed by atoms with E-state index < -0.39 is 0 Å². The first-order valence-corrected chi connectivity index (χ1v) is 9.79. The number of hydrogen-bond donors (Lipinski definition) is 0. The van der Waals surface area contributed by atoms with Crippen molar-refractivity contribution < 1.29 is 0 Å². The molecule has 2 heteroatoms. The minimum atomic E-state index is 0.698. The van der Waals surface area contributed by atoms with E-state index in [0.717, 1.165) is 23.6 Å². The summed E-state index contributed by atoms with van der Waals surface area (Å²) in [4.78, 5) is 4.91. The molecule has 0 radical (unpaired) electrons. The van der Waals surface area contributed by atoms with Crippen molar-refractivity contribution in [2.24, 2.45) is 5.92 Å². The highest BCUT2D eigenvalue weighted by Crippen LogP contribution is 2.30. The Morgan fingerprint density at radius 3 is 2.60 bits per heavy atom. The molecule has 1 aliphatic rings. The number of rotatable bonds is 7. The SMILES string of the molecule is CCCCCCCC1CCc2nc(-c3ccc(C#N)cc3)ccc2C1. The van der Waals surface area contributed by atoms with Crippen LogP contribution in [0.3, 0.4) is 0 Å². The first-order chi connectivity index (χ1) is 12.3. The van der Waals surface area contributed by atoms with E-state index >= 15 is 0 Å². The fraction of sp³-hybridized carbons (Fsp3) is 0.478. The Morgan fingerprint density at radius 1 is 1.04 bits per heavy atom. The molecule has 130 valence electrons. The van der Waals surface area contributed by atoms with Gasteiger partial charge in [0.05, 0.1) is 17.3 Å². The molecule has 0 N–H and O–H groups in total. The van der Waals surface area contributed by atoms with Gasteiger partial charge in [0.1, 0.15) is 0 Å². The molecular weight excluding hydrogens is 304 g/mol. The third-order valence-corrected chi connectivity index (χ3v) is 5.39. The Labute approximate surface area is 151 Å². The molecule has 0 bridgehead atoms. The molecule has 25 heavy (non-hydrogen) atoms. The predicted molar refractivity (Wildman–Crippen MR) is 103 cm³/mol. The van der Waals surface area contributed by atoms with Crippen LogP contribution in [0.5, 0.6) is 0 Å². The predicted octanol–water partition coefficient (Wildman–Crippen LogP) is 6.09. The van der Waals surface area contributed by atoms with Crippen LogP contribution in [0.1, 0.15) is 68.7 Å². The van der Waals surface area contributed by atoms with Crippen LogP contribution < -0.4 is 0 Å². The molecule has 2 nitrogen and oxygen atoms in total. The van der Waals surface area contributed by atoms with Gasteiger partial charge in [-0.1, -0.05) is 63.6 Å². The maximum atomic E-state index is 8.92. The molecule has 0 fully saturated rings. The molecule has 1 aromatic carbocycles. The van der Waals surface area contributed by atoms with Gasteiger partial charge in [-0.05, 0) is 48.9 Å². The Hall–Kier alpha value is -2.14. The van der Waals surface area contributed by atoms with Gasteiger partial charge in [0, 0.05) is 11.3 Å². The van der Waals surface area contributed by atoms with Crippen molar-refractivity contribution in [1.82, 2.24) is 4.98 Å². The van der Waals surface area contributed by atoms with Crippen LogP contribution in [0, 0.1) is 17.2 Å². The highest BCUT2D eigenvalue weighted by Gasteiger charge is 2.19. The lowest BCUT2D eigenvalue weighted by atomic mass is 9.83. The molecule has 1 unspecified atom stereocenters. The van der Waals surface area contributed by atoms with E-state index in [4.69, 9.17) is 10.2 Å². The summed E-state index contributed by atoms with van der Waals surface area (Å²) >= 11 is 0. The van der Waals surface area contributed by atoms with Crippen LogP contribution in [-0.4, -0.2) is 4.98 Å². The van der Waals surface area contributed by atoms with Crippen molar-refractivity contribution in [3.8, 4) is 17.3 Å². The Bertz CT molecular complexity index is 725. The molecule has 0 amide bonds. The fourth-order valence-electron chi connectivity index (χ4n) is 3.85. The lowest BCUT2D eigenvalue weighted by molar-refractivity contribution is 0.401. The molecule has 1 aliphatic carbocycles. The number of aryl methyl sites for hydroxylation is 1. The van der Waals surface area contributed by atoms with E-state index in [1.54, 1.807) is 0 Å². The van der Waals surface area contributed by atoms with E-state index in [1.807, 2.05) is 24.3 Å². The van der Waals surface area contributed by atoms with Gasteiger partial charge in [0.25, 0.3) is 0 Å². The second-order valence-electron chi connectivity index (χ2n) is 7.30. The standard InChI is InChI=1S/C23H28N2/c1-2-3-4-5-6-7-18-10-14-23-21(16-18)13-15-22(25-23)20-11-8-19(17-24)9-12-20/h8-9,11-13,15,18H,2-7,10,14,16H2,1H3. The average Bonchev–Trinajstić information content (AvgIpc) is 2.67. The third-order valence-electron chi connectivity index (χ3n) is 5.39. The van der Waals surface area contributed by atoms with Gasteiger partial charge in [-0.2, -0.15) is 5.26 Å². The van der Waals surface area contributed by atoms with Gasteiger partial charge in [-0.15, -0.1) is 0 Å². The number of hydrogen-bond acceptors (Lipinski definition) is 2. The first kappa shape index (κ1) is 17.7. The van der Waals surface area contributed by atoms with Crippen molar-refractivity contribution in [2.75, 3.05) is 0 Å². The summed E-state index contributed by atoms with van der Waals surface area (Å²) in [6.07, 6.45) is 11.9. The molecule has 1 atom stereocenters. The van der Waals surface area contributed by atoms with E-state index in [1.165, 1.54) is 62.6 Å². The number of nitriles is 1. The van der Waals surface area contributed by atoms with Crippen LogP contribution in [0.2, 0.25) is 0 Å². The van der Waals surface area contributed by atoms with Gasteiger partial charge in [0.2, 0.25) is 0 Å². The lowest BCUT2D eigenvalue weighted by Gasteiger charge is -2.24. The highest BCUT2D eigenvalue weighted by molar-refractivity contribution is 5.61.